The minimum absolute atomic E-state index is 0.168. The van der Waals surface area contributed by atoms with Crippen molar-refractivity contribution in [3.63, 3.8) is 0 Å². The molecule has 2 rings (SSSR count). The number of rotatable bonds is 6. The van der Waals surface area contributed by atoms with Gasteiger partial charge in [0.15, 0.2) is 6.61 Å². The summed E-state index contributed by atoms with van der Waals surface area (Å²) < 4.78 is 5.31. The molecule has 0 atom stereocenters. The highest BCUT2D eigenvalue weighted by molar-refractivity contribution is 6.35. The van der Waals surface area contributed by atoms with E-state index in [2.05, 4.69) is 5.32 Å². The van der Waals surface area contributed by atoms with Gasteiger partial charge >= 0.3 is 5.97 Å². The van der Waals surface area contributed by atoms with Gasteiger partial charge in [0.05, 0.1) is 10.6 Å². The summed E-state index contributed by atoms with van der Waals surface area (Å²) in [4.78, 5) is 22.6. The maximum Gasteiger partial charge on any atom is 0.335 e. The molecule has 0 aromatic heterocycles. The lowest BCUT2D eigenvalue weighted by atomic mass is 10.1. The van der Waals surface area contributed by atoms with Gasteiger partial charge in [-0.3, -0.25) is 4.79 Å². The number of hydrogen-bond donors (Lipinski definition) is 2. The van der Waals surface area contributed by atoms with E-state index >= 15 is 0 Å². The van der Waals surface area contributed by atoms with Gasteiger partial charge in [-0.2, -0.15) is 0 Å². The van der Waals surface area contributed by atoms with Crippen LogP contribution in [0.1, 0.15) is 15.9 Å². The Labute approximate surface area is 142 Å². The van der Waals surface area contributed by atoms with Gasteiger partial charge in [0, 0.05) is 11.6 Å². The zero-order chi connectivity index (χ0) is 16.8. The van der Waals surface area contributed by atoms with E-state index in [0.717, 1.165) is 0 Å². The van der Waals surface area contributed by atoms with E-state index in [1.807, 2.05) is 0 Å². The number of carbonyl (C=O) groups is 2. The maximum atomic E-state index is 11.8. The molecule has 0 saturated heterocycles. The van der Waals surface area contributed by atoms with Crippen LogP contribution >= 0.6 is 23.2 Å². The zero-order valence-corrected chi connectivity index (χ0v) is 13.4. The summed E-state index contributed by atoms with van der Waals surface area (Å²) in [5.41, 5.74) is 0.851. The lowest BCUT2D eigenvalue weighted by Crippen LogP contribution is -2.28. The molecular weight excluding hydrogens is 341 g/mol. The van der Waals surface area contributed by atoms with Crippen molar-refractivity contribution in [3.05, 3.63) is 63.6 Å². The van der Waals surface area contributed by atoms with E-state index in [0.29, 0.717) is 21.4 Å². The Morgan fingerprint density at radius 2 is 1.91 bits per heavy atom. The van der Waals surface area contributed by atoms with E-state index in [1.54, 1.807) is 24.3 Å². The number of halogens is 2. The lowest BCUT2D eigenvalue weighted by Gasteiger charge is -2.09. The summed E-state index contributed by atoms with van der Waals surface area (Å²) in [6.07, 6.45) is 0. The van der Waals surface area contributed by atoms with E-state index < -0.39 is 5.97 Å². The van der Waals surface area contributed by atoms with Crippen molar-refractivity contribution < 1.29 is 19.4 Å². The fourth-order valence-electron chi connectivity index (χ4n) is 1.80. The Morgan fingerprint density at radius 3 is 2.61 bits per heavy atom. The zero-order valence-electron chi connectivity index (χ0n) is 11.9. The van der Waals surface area contributed by atoms with Crippen molar-refractivity contribution in [1.29, 1.82) is 0 Å². The smallest absolute Gasteiger partial charge is 0.335 e. The van der Waals surface area contributed by atoms with E-state index in [1.165, 1.54) is 18.2 Å². The molecule has 23 heavy (non-hydrogen) atoms. The number of carboxylic acid groups (broad SMARTS) is 1. The van der Waals surface area contributed by atoms with Crippen LogP contribution in [0.4, 0.5) is 0 Å². The number of ether oxygens (including phenoxy) is 1. The molecule has 0 saturated carbocycles. The summed E-state index contributed by atoms with van der Waals surface area (Å²) in [5, 5.41) is 12.3. The highest BCUT2D eigenvalue weighted by Gasteiger charge is 2.07. The van der Waals surface area contributed by atoms with Crippen LogP contribution in [0.15, 0.2) is 42.5 Å². The third-order valence-electron chi connectivity index (χ3n) is 2.92. The fourth-order valence-corrected chi connectivity index (χ4v) is 2.26. The maximum absolute atomic E-state index is 11.8. The first-order chi connectivity index (χ1) is 11.0. The second kappa shape index (κ2) is 7.85. The largest absolute Gasteiger partial charge is 0.482 e. The molecule has 0 aliphatic carbocycles. The lowest BCUT2D eigenvalue weighted by molar-refractivity contribution is -0.123. The predicted octanol–water partition coefficient (Wildman–Crippen LogP) is 3.39. The van der Waals surface area contributed by atoms with Gasteiger partial charge < -0.3 is 15.2 Å². The number of nitrogens with one attached hydrogen (secondary N) is 1. The molecular formula is C16H13Cl2NO4. The molecule has 0 aliphatic rings. The van der Waals surface area contributed by atoms with E-state index in [4.69, 9.17) is 33.0 Å². The summed E-state index contributed by atoms with van der Waals surface area (Å²) in [5.74, 6) is -1.00. The molecule has 0 radical (unpaired) electrons. The van der Waals surface area contributed by atoms with Gasteiger partial charge in [-0.05, 0) is 35.9 Å². The molecule has 0 bridgehead atoms. The first kappa shape index (κ1) is 17.1. The average molecular weight is 354 g/mol. The Morgan fingerprint density at radius 1 is 1.13 bits per heavy atom. The van der Waals surface area contributed by atoms with Crippen molar-refractivity contribution in [1.82, 2.24) is 5.32 Å². The van der Waals surface area contributed by atoms with Crippen molar-refractivity contribution in [2.24, 2.45) is 0 Å². The Hall–Kier alpha value is -2.24. The van der Waals surface area contributed by atoms with Crippen LogP contribution in [0.3, 0.4) is 0 Å². The summed E-state index contributed by atoms with van der Waals surface area (Å²) >= 11 is 11.7. The van der Waals surface area contributed by atoms with Crippen LogP contribution in [-0.4, -0.2) is 23.6 Å². The Balaban J connectivity index is 1.85. The van der Waals surface area contributed by atoms with Gasteiger partial charge in [-0.25, -0.2) is 4.79 Å². The standard InChI is InChI=1S/C16H13Cl2NO4/c17-12-4-5-14(13(18)7-12)23-9-15(20)19-8-10-2-1-3-11(6-10)16(21)22/h1-7H,8-9H2,(H,19,20)(H,21,22). The third-order valence-corrected chi connectivity index (χ3v) is 3.45. The van der Waals surface area contributed by atoms with Gasteiger partial charge in [-0.15, -0.1) is 0 Å². The van der Waals surface area contributed by atoms with Gasteiger partial charge in [-0.1, -0.05) is 35.3 Å². The van der Waals surface area contributed by atoms with Crippen molar-refractivity contribution in [2.75, 3.05) is 6.61 Å². The third kappa shape index (κ3) is 5.16. The molecule has 0 fully saturated rings. The number of carbonyl (C=O) groups excluding carboxylic acids is 1. The van der Waals surface area contributed by atoms with Crippen molar-refractivity contribution in [3.8, 4) is 5.75 Å². The van der Waals surface area contributed by atoms with Crippen molar-refractivity contribution >= 4 is 35.1 Å². The van der Waals surface area contributed by atoms with Gasteiger partial charge in [0.1, 0.15) is 5.75 Å². The van der Waals surface area contributed by atoms with Gasteiger partial charge in [0.25, 0.3) is 5.91 Å². The minimum Gasteiger partial charge on any atom is -0.482 e. The summed E-state index contributed by atoms with van der Waals surface area (Å²) in [6.45, 7) is -0.00234. The van der Waals surface area contributed by atoms with Crippen LogP contribution in [0.25, 0.3) is 0 Å². The highest BCUT2D eigenvalue weighted by atomic mass is 35.5. The topological polar surface area (TPSA) is 75.6 Å². The molecule has 7 heteroatoms. The molecule has 0 spiro atoms. The highest BCUT2D eigenvalue weighted by Crippen LogP contribution is 2.27. The minimum atomic E-state index is -1.01. The first-order valence-corrected chi connectivity index (χ1v) is 7.38. The number of benzene rings is 2. The van der Waals surface area contributed by atoms with Crippen LogP contribution in [0.5, 0.6) is 5.75 Å². The molecule has 0 heterocycles. The molecule has 120 valence electrons. The van der Waals surface area contributed by atoms with Crippen LogP contribution in [-0.2, 0) is 11.3 Å². The Bertz CT molecular complexity index is 734. The Kier molecular flexibility index (Phi) is 5.84. The second-order valence-electron chi connectivity index (χ2n) is 4.65. The van der Waals surface area contributed by atoms with E-state index in [-0.39, 0.29) is 24.6 Å². The normalized spacial score (nSPS) is 10.2. The monoisotopic (exact) mass is 353 g/mol. The molecule has 2 aromatic carbocycles. The molecule has 2 N–H and O–H groups in total. The molecule has 2 aromatic rings. The summed E-state index contributed by atoms with van der Waals surface area (Å²) in [7, 11) is 0. The van der Waals surface area contributed by atoms with Crippen LogP contribution < -0.4 is 10.1 Å². The van der Waals surface area contributed by atoms with Gasteiger partial charge in [0.2, 0.25) is 0 Å². The number of aromatic carboxylic acids is 1. The quantitative estimate of drug-likeness (QED) is 0.834. The number of hydrogen-bond acceptors (Lipinski definition) is 3. The second-order valence-corrected chi connectivity index (χ2v) is 5.49. The predicted molar refractivity (Wildman–Crippen MR) is 87.2 cm³/mol. The number of amides is 1. The number of carboxylic acids is 1. The van der Waals surface area contributed by atoms with Crippen LogP contribution in [0, 0.1) is 0 Å². The summed E-state index contributed by atoms with van der Waals surface area (Å²) in [6, 6.07) is 11.0. The molecule has 5 nitrogen and oxygen atoms in total. The molecule has 1 amide bonds. The van der Waals surface area contributed by atoms with Crippen LogP contribution in [0.2, 0.25) is 10.0 Å². The molecule has 0 aliphatic heterocycles. The fraction of sp³-hybridized carbons (Fsp3) is 0.125. The van der Waals surface area contributed by atoms with E-state index in [9.17, 15) is 9.59 Å². The molecule has 0 unspecified atom stereocenters. The average Bonchev–Trinajstić information content (AvgIpc) is 2.52. The first-order valence-electron chi connectivity index (χ1n) is 6.62. The van der Waals surface area contributed by atoms with Crippen molar-refractivity contribution in [2.45, 2.75) is 6.54 Å². The SMILES string of the molecule is O=C(COc1ccc(Cl)cc1Cl)NCc1cccc(C(=O)O)c1.